The van der Waals surface area contributed by atoms with E-state index >= 15 is 0 Å². The van der Waals surface area contributed by atoms with Crippen molar-refractivity contribution in [1.29, 1.82) is 0 Å². The number of halogens is 10. The lowest BCUT2D eigenvalue weighted by Gasteiger charge is -2.09. The van der Waals surface area contributed by atoms with Crippen LogP contribution >= 0.6 is 0 Å². The number of hydrogen-bond acceptors (Lipinski definition) is 4. The van der Waals surface area contributed by atoms with E-state index in [4.69, 9.17) is 0 Å². The summed E-state index contributed by atoms with van der Waals surface area (Å²) in [4.78, 5) is 54.2. The molecule has 0 atom stereocenters. The lowest BCUT2D eigenvalue weighted by Crippen LogP contribution is -2.27. The Morgan fingerprint density at radius 3 is 0.860 bits per heavy atom. The Kier molecular flexibility index (Phi) is 6.26. The molecule has 0 unspecified atom stereocenters. The summed E-state index contributed by atoms with van der Waals surface area (Å²) < 4.78 is 143. The minimum absolute atomic E-state index is 0.0376. The number of fused-ring (bicyclic) bond motifs is 9. The standard InChI is InChI=1S/C34H8F10N2O4/c35-19-21(37)25(41)29(26(42)22(19)38)45-31(47)13-7-3-9-1-5-11-12(15(9)17(13)33(45)49)6-2-10-4-8-14-18(16(10)11)34(50)46(32(14)48)30-27(43)23(39)20(36)24(40)28(30)44/h1-8H. The fourth-order valence-corrected chi connectivity index (χ4v) is 6.49. The van der Waals surface area contributed by atoms with Gasteiger partial charge in [0, 0.05) is 10.8 Å². The predicted octanol–water partition coefficient (Wildman–Crippen LogP) is 6.74. The minimum atomic E-state index is -2.53. The highest BCUT2D eigenvalue weighted by molar-refractivity contribution is 6.28. The average Bonchev–Trinajstić information content (AvgIpc) is 3.51. The second kappa shape index (κ2) is 10.1. The maximum Gasteiger partial charge on any atom is 0.267 e. The van der Waals surface area contributed by atoms with Crippen LogP contribution in [0, 0.1) is 58.2 Å². The zero-order valence-electron chi connectivity index (χ0n) is 23.9. The maximum atomic E-state index is 14.8. The molecular formula is C34H8F10N2O4. The van der Waals surface area contributed by atoms with Gasteiger partial charge in [-0.25, -0.2) is 53.0 Å². The van der Waals surface area contributed by atoms with Crippen LogP contribution in [0.3, 0.4) is 0 Å². The van der Waals surface area contributed by atoms with Gasteiger partial charge < -0.3 is 0 Å². The number of hydrogen-bond donors (Lipinski definition) is 0. The first kappa shape index (κ1) is 31.0. The van der Waals surface area contributed by atoms with Gasteiger partial charge in [-0.15, -0.1) is 0 Å². The fraction of sp³-hybridized carbons (Fsp3) is 0. The number of aromatic nitrogens is 2. The van der Waals surface area contributed by atoms with Gasteiger partial charge >= 0.3 is 0 Å². The third-order valence-electron chi connectivity index (χ3n) is 8.68. The Morgan fingerprint density at radius 1 is 0.300 bits per heavy atom. The van der Waals surface area contributed by atoms with E-state index in [2.05, 4.69) is 0 Å². The topological polar surface area (TPSA) is 78.1 Å². The minimum Gasteiger partial charge on any atom is -0.268 e. The molecule has 248 valence electrons. The number of benzene rings is 6. The van der Waals surface area contributed by atoms with Crippen LogP contribution in [0.4, 0.5) is 43.9 Å². The van der Waals surface area contributed by atoms with E-state index in [-0.39, 0.29) is 41.5 Å². The van der Waals surface area contributed by atoms with Crippen molar-refractivity contribution >= 4 is 53.9 Å². The van der Waals surface area contributed by atoms with Gasteiger partial charge in [0.25, 0.3) is 22.2 Å². The summed E-state index contributed by atoms with van der Waals surface area (Å²) in [6.07, 6.45) is 0. The van der Waals surface area contributed by atoms with Crippen molar-refractivity contribution < 1.29 is 43.9 Å². The summed E-state index contributed by atoms with van der Waals surface area (Å²) in [5.74, 6) is -24.5. The third kappa shape index (κ3) is 3.64. The quantitative estimate of drug-likeness (QED) is 0.0868. The highest BCUT2D eigenvalue weighted by Crippen LogP contribution is 2.37. The SMILES string of the molecule is O=c1c2ccc3ccc4c(ccc5ccc6c(=O)n(-c7c(F)c(F)c(F)c(F)c7F)c(=O)c6c54)c3c2c(=O)n1-c1c(F)c(F)c(F)c(F)c1F. The van der Waals surface area contributed by atoms with E-state index in [1.54, 1.807) is 0 Å². The molecule has 2 heterocycles. The van der Waals surface area contributed by atoms with Crippen molar-refractivity contribution in [3.05, 3.63) is 148 Å². The lowest BCUT2D eigenvalue weighted by atomic mass is 9.93. The van der Waals surface area contributed by atoms with Gasteiger partial charge in [0.1, 0.15) is 11.4 Å². The number of nitrogens with zero attached hydrogens (tertiary/aromatic N) is 2. The molecule has 0 spiro atoms. The molecule has 0 aliphatic carbocycles. The molecule has 0 amide bonds. The Morgan fingerprint density at radius 2 is 0.560 bits per heavy atom. The van der Waals surface area contributed by atoms with E-state index in [0.717, 1.165) is 12.1 Å². The third-order valence-corrected chi connectivity index (χ3v) is 8.68. The van der Waals surface area contributed by atoms with Crippen LogP contribution in [-0.2, 0) is 0 Å². The van der Waals surface area contributed by atoms with Gasteiger partial charge in [0.15, 0.2) is 46.5 Å². The van der Waals surface area contributed by atoms with Gasteiger partial charge in [-0.05, 0) is 33.7 Å². The van der Waals surface area contributed by atoms with Crippen molar-refractivity contribution in [1.82, 2.24) is 9.13 Å². The molecule has 50 heavy (non-hydrogen) atoms. The molecule has 0 bridgehead atoms. The molecule has 6 aromatic carbocycles. The Bertz CT molecular complexity index is 2870. The molecule has 8 rings (SSSR count). The van der Waals surface area contributed by atoms with E-state index in [0.29, 0.717) is 0 Å². The van der Waals surface area contributed by atoms with Gasteiger partial charge in [-0.3, -0.25) is 19.2 Å². The zero-order valence-corrected chi connectivity index (χ0v) is 23.9. The van der Waals surface area contributed by atoms with Gasteiger partial charge in [0.2, 0.25) is 11.6 Å². The molecule has 0 aliphatic heterocycles. The van der Waals surface area contributed by atoms with E-state index in [1.807, 2.05) is 0 Å². The molecule has 0 radical (unpaired) electrons. The van der Waals surface area contributed by atoms with Crippen molar-refractivity contribution in [3.8, 4) is 11.4 Å². The average molecular weight is 698 g/mol. The molecule has 0 saturated carbocycles. The maximum absolute atomic E-state index is 14.8. The summed E-state index contributed by atoms with van der Waals surface area (Å²) in [5.41, 5.74) is -9.47. The molecule has 0 N–H and O–H groups in total. The predicted molar refractivity (Wildman–Crippen MR) is 160 cm³/mol. The lowest BCUT2D eigenvalue weighted by molar-refractivity contribution is 0.375. The Balaban J connectivity index is 1.53. The molecule has 0 fully saturated rings. The highest BCUT2D eigenvalue weighted by atomic mass is 19.2. The summed E-state index contributed by atoms with van der Waals surface area (Å²) in [5, 5.41) is -1.77. The van der Waals surface area contributed by atoms with E-state index in [9.17, 15) is 63.1 Å². The molecule has 2 aromatic heterocycles. The molecule has 6 nitrogen and oxygen atoms in total. The van der Waals surface area contributed by atoms with E-state index < -0.39 is 113 Å². The van der Waals surface area contributed by atoms with Crippen LogP contribution in [0.25, 0.3) is 65.2 Å². The summed E-state index contributed by atoms with van der Waals surface area (Å²) in [7, 11) is 0. The first-order valence-electron chi connectivity index (χ1n) is 13.9. The Hall–Kier alpha value is -6.32. The van der Waals surface area contributed by atoms with Crippen LogP contribution in [0.2, 0.25) is 0 Å². The van der Waals surface area contributed by atoms with Crippen LogP contribution in [-0.4, -0.2) is 9.13 Å². The molecule has 0 aliphatic rings. The van der Waals surface area contributed by atoms with Crippen LogP contribution < -0.4 is 22.2 Å². The summed E-state index contributed by atoms with van der Waals surface area (Å²) in [6, 6.07) is 10.3. The van der Waals surface area contributed by atoms with Gasteiger partial charge in [-0.2, -0.15) is 0 Å². The highest BCUT2D eigenvalue weighted by Gasteiger charge is 2.32. The fourth-order valence-electron chi connectivity index (χ4n) is 6.49. The van der Waals surface area contributed by atoms with Crippen molar-refractivity contribution in [2.45, 2.75) is 0 Å². The van der Waals surface area contributed by atoms with Crippen molar-refractivity contribution in [3.63, 3.8) is 0 Å². The number of rotatable bonds is 2. The summed E-state index contributed by atoms with van der Waals surface area (Å²) >= 11 is 0. The largest absolute Gasteiger partial charge is 0.268 e. The second-order valence-electron chi connectivity index (χ2n) is 11.1. The van der Waals surface area contributed by atoms with Gasteiger partial charge in [-0.1, -0.05) is 36.4 Å². The molecular weight excluding hydrogens is 690 g/mol. The van der Waals surface area contributed by atoms with Crippen LogP contribution in [0.1, 0.15) is 0 Å². The van der Waals surface area contributed by atoms with Crippen molar-refractivity contribution in [2.24, 2.45) is 0 Å². The summed E-state index contributed by atoms with van der Waals surface area (Å²) in [6.45, 7) is 0. The molecule has 8 aromatic rings. The van der Waals surface area contributed by atoms with Crippen molar-refractivity contribution in [2.75, 3.05) is 0 Å². The molecule has 0 saturated heterocycles. The zero-order chi connectivity index (χ0) is 35.8. The first-order valence-corrected chi connectivity index (χ1v) is 13.9. The van der Waals surface area contributed by atoms with Crippen LogP contribution in [0.5, 0.6) is 0 Å². The normalized spacial score (nSPS) is 12.1. The smallest absolute Gasteiger partial charge is 0.267 e. The monoisotopic (exact) mass is 698 g/mol. The Labute approximate surface area is 266 Å². The van der Waals surface area contributed by atoms with Gasteiger partial charge in [0.05, 0.1) is 21.5 Å². The first-order chi connectivity index (χ1) is 23.7. The second-order valence-corrected chi connectivity index (χ2v) is 11.1. The molecule has 16 heteroatoms. The van der Waals surface area contributed by atoms with E-state index in [1.165, 1.54) is 36.4 Å². The van der Waals surface area contributed by atoms with Crippen LogP contribution in [0.15, 0.2) is 67.7 Å².